The van der Waals surface area contributed by atoms with Crippen LogP contribution < -0.4 is 11.3 Å². The van der Waals surface area contributed by atoms with Crippen LogP contribution in [-0.2, 0) is 4.79 Å². The third-order valence-corrected chi connectivity index (χ3v) is 1.77. The maximum Gasteiger partial charge on any atom is 0.235 e. The molecule has 0 bridgehead atoms. The van der Waals surface area contributed by atoms with Crippen molar-refractivity contribution in [1.29, 1.82) is 0 Å². The first-order valence-corrected chi connectivity index (χ1v) is 4.57. The minimum Gasteiger partial charge on any atom is -0.395 e. The summed E-state index contributed by atoms with van der Waals surface area (Å²) in [6, 6.07) is 0. The number of hydrazine groups is 1. The van der Waals surface area contributed by atoms with Gasteiger partial charge in [-0.2, -0.15) is 0 Å². The second-order valence-corrected chi connectivity index (χ2v) is 2.88. The lowest BCUT2D eigenvalue weighted by molar-refractivity contribution is -0.121. The number of nitrogens with one attached hydrogen (secondary N) is 1. The average Bonchev–Trinajstić information content (AvgIpc) is 2.14. The molecule has 1 amide bonds. The Balaban J connectivity index is 3.61. The fourth-order valence-corrected chi connectivity index (χ4v) is 1.12. The average molecular weight is 189 g/mol. The Kier molecular flexibility index (Phi) is 7.57. The monoisotopic (exact) mass is 189 g/mol. The van der Waals surface area contributed by atoms with Gasteiger partial charge in [0.05, 0.1) is 6.61 Å². The summed E-state index contributed by atoms with van der Waals surface area (Å²) in [5.74, 6) is 4.77. The molecule has 0 rings (SSSR count). The van der Waals surface area contributed by atoms with Crippen molar-refractivity contribution in [3.63, 3.8) is 0 Å². The van der Waals surface area contributed by atoms with Crippen LogP contribution in [0.25, 0.3) is 0 Å². The third-order valence-electron chi connectivity index (χ3n) is 1.77. The number of nitrogens with two attached hydrogens (primary N) is 1. The van der Waals surface area contributed by atoms with Gasteiger partial charge in [0.15, 0.2) is 0 Å². The molecule has 78 valence electrons. The summed E-state index contributed by atoms with van der Waals surface area (Å²) in [7, 11) is 0. The molecule has 0 radical (unpaired) electrons. The first-order valence-electron chi connectivity index (χ1n) is 4.57. The Hall–Kier alpha value is -0.650. The molecular formula is C8H19N3O2. The molecule has 0 aliphatic rings. The Labute approximate surface area is 78.9 Å². The van der Waals surface area contributed by atoms with Gasteiger partial charge in [0.25, 0.3) is 0 Å². The number of hydrogen-bond donors (Lipinski definition) is 3. The molecule has 0 unspecified atom stereocenters. The van der Waals surface area contributed by atoms with Gasteiger partial charge in [0.2, 0.25) is 5.91 Å². The minimum atomic E-state index is -0.168. The Morgan fingerprint density at radius 3 is 2.62 bits per heavy atom. The van der Waals surface area contributed by atoms with Crippen LogP contribution in [-0.4, -0.2) is 42.2 Å². The van der Waals surface area contributed by atoms with Crippen LogP contribution in [0.5, 0.6) is 0 Å². The van der Waals surface area contributed by atoms with E-state index < -0.39 is 0 Å². The predicted octanol–water partition coefficient (Wildman–Crippen LogP) is -0.929. The minimum absolute atomic E-state index is 0.129. The van der Waals surface area contributed by atoms with Crippen molar-refractivity contribution in [1.82, 2.24) is 10.3 Å². The molecule has 0 heterocycles. The van der Waals surface area contributed by atoms with E-state index in [2.05, 4.69) is 12.3 Å². The van der Waals surface area contributed by atoms with Crippen LogP contribution in [0.3, 0.4) is 0 Å². The van der Waals surface area contributed by atoms with E-state index in [4.69, 9.17) is 10.9 Å². The Morgan fingerprint density at radius 2 is 2.15 bits per heavy atom. The molecule has 0 aliphatic carbocycles. The maximum atomic E-state index is 10.8. The maximum absolute atomic E-state index is 10.8. The number of aliphatic hydroxyl groups excluding tert-OH is 1. The van der Waals surface area contributed by atoms with E-state index in [0.717, 1.165) is 13.0 Å². The van der Waals surface area contributed by atoms with Crippen molar-refractivity contribution in [3.05, 3.63) is 0 Å². The van der Waals surface area contributed by atoms with Crippen LogP contribution >= 0.6 is 0 Å². The van der Waals surface area contributed by atoms with Gasteiger partial charge in [0.1, 0.15) is 0 Å². The Bertz CT molecular complexity index is 135. The van der Waals surface area contributed by atoms with Gasteiger partial charge < -0.3 is 10.0 Å². The van der Waals surface area contributed by atoms with Crippen molar-refractivity contribution in [2.75, 3.05) is 26.2 Å². The molecule has 0 aromatic carbocycles. The van der Waals surface area contributed by atoms with Gasteiger partial charge in [0, 0.05) is 19.5 Å². The summed E-state index contributed by atoms with van der Waals surface area (Å²) < 4.78 is 0. The third kappa shape index (κ3) is 6.51. The van der Waals surface area contributed by atoms with Gasteiger partial charge in [-0.25, -0.2) is 5.84 Å². The van der Waals surface area contributed by atoms with E-state index >= 15 is 0 Å². The first kappa shape index (κ1) is 12.3. The molecular weight excluding hydrogens is 170 g/mol. The zero-order valence-corrected chi connectivity index (χ0v) is 8.12. The Morgan fingerprint density at radius 1 is 1.46 bits per heavy atom. The lowest BCUT2D eigenvalue weighted by atomic mass is 10.3. The molecule has 0 aromatic heterocycles. The number of rotatable bonds is 7. The number of carbonyl (C=O) groups is 1. The number of carbonyl (C=O) groups excluding carboxylic acids is 1. The highest BCUT2D eigenvalue weighted by Gasteiger charge is 2.05. The molecule has 0 aromatic rings. The van der Waals surface area contributed by atoms with Gasteiger partial charge in [-0.1, -0.05) is 6.92 Å². The van der Waals surface area contributed by atoms with E-state index in [1.165, 1.54) is 0 Å². The van der Waals surface area contributed by atoms with E-state index in [-0.39, 0.29) is 12.5 Å². The van der Waals surface area contributed by atoms with Crippen molar-refractivity contribution in [2.45, 2.75) is 19.8 Å². The summed E-state index contributed by atoms with van der Waals surface area (Å²) >= 11 is 0. The lowest BCUT2D eigenvalue weighted by Crippen LogP contribution is -2.35. The molecule has 13 heavy (non-hydrogen) atoms. The number of nitrogens with zero attached hydrogens (tertiary/aromatic N) is 1. The standard InChI is InChI=1S/C8H19N3O2/c1-2-4-11(6-7-12)5-3-8(13)10-9/h12H,2-7,9H2,1H3,(H,10,13). The fourth-order valence-electron chi connectivity index (χ4n) is 1.12. The van der Waals surface area contributed by atoms with Crippen molar-refractivity contribution >= 4 is 5.91 Å². The highest BCUT2D eigenvalue weighted by molar-refractivity contribution is 5.75. The quantitative estimate of drug-likeness (QED) is 0.275. The van der Waals surface area contributed by atoms with Crippen LogP contribution in [0.4, 0.5) is 0 Å². The van der Waals surface area contributed by atoms with Gasteiger partial charge in [-0.3, -0.25) is 10.2 Å². The zero-order valence-electron chi connectivity index (χ0n) is 8.12. The number of aliphatic hydroxyl groups is 1. The van der Waals surface area contributed by atoms with E-state index in [9.17, 15) is 4.79 Å². The van der Waals surface area contributed by atoms with Crippen molar-refractivity contribution in [2.24, 2.45) is 5.84 Å². The molecule has 0 aliphatic heterocycles. The summed E-state index contributed by atoms with van der Waals surface area (Å²) in [6.07, 6.45) is 1.40. The second-order valence-electron chi connectivity index (χ2n) is 2.88. The highest BCUT2D eigenvalue weighted by Crippen LogP contribution is 1.93. The molecule has 0 atom stereocenters. The van der Waals surface area contributed by atoms with Crippen LogP contribution in [0, 0.1) is 0 Å². The normalized spacial score (nSPS) is 10.5. The van der Waals surface area contributed by atoms with E-state index in [1.807, 2.05) is 4.90 Å². The van der Waals surface area contributed by atoms with Crippen LogP contribution in [0.1, 0.15) is 19.8 Å². The van der Waals surface area contributed by atoms with Crippen molar-refractivity contribution < 1.29 is 9.90 Å². The second kappa shape index (κ2) is 7.97. The summed E-state index contributed by atoms with van der Waals surface area (Å²) in [5, 5.41) is 8.72. The number of hydrogen-bond acceptors (Lipinski definition) is 4. The van der Waals surface area contributed by atoms with Gasteiger partial charge in [-0.15, -0.1) is 0 Å². The molecule has 0 saturated carbocycles. The van der Waals surface area contributed by atoms with Crippen LogP contribution in [0.15, 0.2) is 0 Å². The van der Waals surface area contributed by atoms with Gasteiger partial charge in [-0.05, 0) is 13.0 Å². The lowest BCUT2D eigenvalue weighted by Gasteiger charge is -2.19. The SMILES string of the molecule is CCCN(CCO)CCC(=O)NN. The summed E-state index contributed by atoms with van der Waals surface area (Å²) in [4.78, 5) is 12.8. The predicted molar refractivity (Wildman–Crippen MR) is 50.8 cm³/mol. The fraction of sp³-hybridized carbons (Fsp3) is 0.875. The van der Waals surface area contributed by atoms with Gasteiger partial charge >= 0.3 is 0 Å². The first-order chi connectivity index (χ1) is 6.24. The summed E-state index contributed by atoms with van der Waals surface area (Å²) in [6.45, 7) is 4.36. The van der Waals surface area contributed by atoms with Crippen molar-refractivity contribution in [3.8, 4) is 0 Å². The molecule has 4 N–H and O–H groups in total. The molecule has 0 spiro atoms. The topological polar surface area (TPSA) is 78.6 Å². The molecule has 5 nitrogen and oxygen atoms in total. The molecule has 0 saturated heterocycles. The highest BCUT2D eigenvalue weighted by atomic mass is 16.3. The summed E-state index contributed by atoms with van der Waals surface area (Å²) in [5.41, 5.74) is 2.08. The van der Waals surface area contributed by atoms with Crippen LogP contribution in [0.2, 0.25) is 0 Å². The van der Waals surface area contributed by atoms with E-state index in [1.54, 1.807) is 0 Å². The molecule has 5 heteroatoms. The smallest absolute Gasteiger partial charge is 0.235 e. The largest absolute Gasteiger partial charge is 0.395 e. The molecule has 0 fully saturated rings. The van der Waals surface area contributed by atoms with E-state index in [0.29, 0.717) is 19.5 Å². The zero-order chi connectivity index (χ0) is 10.1. The number of amides is 1.